The Morgan fingerprint density at radius 3 is 1.93 bits per heavy atom. The molecule has 2 amide bonds. The predicted octanol–water partition coefficient (Wildman–Crippen LogP) is 11.8. The third-order valence-corrected chi connectivity index (χ3v) is 15.2. The molecule has 8 aromatic rings. The summed E-state index contributed by atoms with van der Waals surface area (Å²) in [4.78, 5) is 45.1. The van der Waals surface area contributed by atoms with Crippen LogP contribution in [0.3, 0.4) is 0 Å². The Morgan fingerprint density at radius 2 is 1.29 bits per heavy atom. The number of rotatable bonds is 12. The zero-order valence-corrected chi connectivity index (χ0v) is 41.0. The monoisotopic (exact) mass is 962 g/mol. The first-order valence-electron chi connectivity index (χ1n) is 25.2. The lowest BCUT2D eigenvalue weighted by molar-refractivity contribution is -0.144. The molecule has 0 spiro atoms. The van der Waals surface area contributed by atoms with E-state index in [-0.39, 0.29) is 47.5 Å². The summed E-state index contributed by atoms with van der Waals surface area (Å²) in [5, 5.41) is 9.71. The number of amides is 2. The molecule has 6 heterocycles. The molecule has 1 aliphatic carbocycles. The van der Waals surface area contributed by atoms with Crippen molar-refractivity contribution in [2.75, 3.05) is 19.7 Å². The van der Waals surface area contributed by atoms with Crippen molar-refractivity contribution in [3.05, 3.63) is 195 Å². The highest BCUT2D eigenvalue weighted by molar-refractivity contribution is 5.97. The van der Waals surface area contributed by atoms with E-state index in [1.807, 2.05) is 81.9 Å². The van der Waals surface area contributed by atoms with Gasteiger partial charge in [-0.25, -0.2) is 17.8 Å². The first-order valence-corrected chi connectivity index (χ1v) is 25.2. The van der Waals surface area contributed by atoms with Gasteiger partial charge in [0.2, 0.25) is 0 Å². The fraction of sp³-hybridized carbons (Fsp3) is 0.283. The van der Waals surface area contributed by atoms with Gasteiger partial charge < -0.3 is 14.5 Å². The van der Waals surface area contributed by atoms with Crippen LogP contribution in [0.25, 0.3) is 39.6 Å². The van der Waals surface area contributed by atoms with Crippen molar-refractivity contribution in [2.24, 2.45) is 5.92 Å². The van der Waals surface area contributed by atoms with Crippen molar-refractivity contribution in [2.45, 2.75) is 84.2 Å². The molecule has 0 saturated heterocycles. The van der Waals surface area contributed by atoms with Crippen LogP contribution in [0.2, 0.25) is 0 Å². The van der Waals surface area contributed by atoms with Gasteiger partial charge in [0.1, 0.15) is 11.6 Å². The summed E-state index contributed by atoms with van der Waals surface area (Å²) in [5.41, 5.74) is 13.2. The van der Waals surface area contributed by atoms with E-state index in [1.165, 1.54) is 23.3 Å². The Kier molecular flexibility index (Phi) is 12.2. The Balaban J connectivity index is 0.852. The molecule has 0 radical (unpaired) electrons. The second-order valence-electron chi connectivity index (χ2n) is 19.5. The van der Waals surface area contributed by atoms with Crippen LogP contribution < -0.4 is 0 Å². The van der Waals surface area contributed by atoms with Crippen LogP contribution in [0, 0.1) is 17.6 Å². The van der Waals surface area contributed by atoms with Gasteiger partial charge in [0.15, 0.2) is 0 Å². The molecule has 0 N–H and O–H groups in total. The first-order chi connectivity index (χ1) is 34.9. The van der Waals surface area contributed by atoms with Crippen LogP contribution in [0.1, 0.15) is 123 Å². The molecule has 1 saturated carbocycles. The lowest BCUT2D eigenvalue weighted by atomic mass is 9.90. The number of carbonyl (C=O) groups is 3. The summed E-state index contributed by atoms with van der Waals surface area (Å²) < 4.78 is 40.0. The van der Waals surface area contributed by atoms with E-state index >= 15 is 8.78 Å². The van der Waals surface area contributed by atoms with E-state index < -0.39 is 5.82 Å². The van der Waals surface area contributed by atoms with Crippen LogP contribution in [0.15, 0.2) is 122 Å². The van der Waals surface area contributed by atoms with Crippen LogP contribution >= 0.6 is 0 Å². The van der Waals surface area contributed by atoms with Gasteiger partial charge in [-0.3, -0.25) is 14.4 Å². The molecule has 72 heavy (non-hydrogen) atoms. The van der Waals surface area contributed by atoms with Gasteiger partial charge in [-0.2, -0.15) is 10.2 Å². The minimum absolute atomic E-state index is 0.0626. The molecule has 1 fully saturated rings. The average Bonchev–Trinajstić information content (AvgIpc) is 3.90. The van der Waals surface area contributed by atoms with Crippen LogP contribution in [0.5, 0.6) is 0 Å². The van der Waals surface area contributed by atoms with Crippen LogP contribution in [-0.2, 0) is 41.6 Å². The van der Waals surface area contributed by atoms with Gasteiger partial charge in [0.05, 0.1) is 47.0 Å². The van der Waals surface area contributed by atoms with Crippen molar-refractivity contribution in [3.8, 4) is 22.5 Å². The lowest BCUT2D eigenvalue weighted by Crippen LogP contribution is -2.39. The third-order valence-electron chi connectivity index (χ3n) is 15.2. The zero-order chi connectivity index (χ0) is 49.9. The maximum absolute atomic E-state index is 16.0. The molecule has 2 aliphatic heterocycles. The fourth-order valence-corrected chi connectivity index (χ4v) is 11.2. The molecule has 0 bridgehead atoms. The quantitative estimate of drug-likeness (QED) is 0.113. The average molecular weight is 963 g/mol. The maximum atomic E-state index is 16.0. The van der Waals surface area contributed by atoms with Gasteiger partial charge >= 0.3 is 5.97 Å². The van der Waals surface area contributed by atoms with Crippen molar-refractivity contribution in [1.82, 2.24) is 29.0 Å². The lowest BCUT2D eigenvalue weighted by Gasteiger charge is -2.36. The Labute approximate surface area is 417 Å². The number of aryl methyl sites for hydroxylation is 3. The molecule has 3 aliphatic rings. The van der Waals surface area contributed by atoms with Gasteiger partial charge in [0, 0.05) is 46.7 Å². The highest BCUT2D eigenvalue weighted by atomic mass is 19.1. The summed E-state index contributed by atoms with van der Waals surface area (Å²) in [6.45, 7) is 13.1. The fourth-order valence-electron chi connectivity index (χ4n) is 11.2. The van der Waals surface area contributed by atoms with Gasteiger partial charge in [-0.1, -0.05) is 74.2 Å². The molecule has 11 rings (SSSR count). The van der Waals surface area contributed by atoms with Crippen LogP contribution in [-0.4, -0.2) is 66.5 Å². The molecule has 364 valence electrons. The molecule has 12 heteroatoms. The first kappa shape index (κ1) is 46.6. The normalized spacial score (nSPS) is 18.2. The topological polar surface area (TPSA) is 102 Å². The SMILES string of the molecule is C=Cc1ccc(-c2cc3cc(C(=O)N4CCc5cc(CCc6cc(C(=O)N7CCc8ccccc8[C@H]7C)cc7cc(-c8ccc(C9C[C@@H]9C(=O)OCC)cc8F)nn67)ccc5[C@H]4C)cc(CC)n3n2)c(F)c1. The number of fused-ring (bicyclic) bond motifs is 4. The van der Waals surface area contributed by atoms with Gasteiger partial charge in [-0.05, 0) is 165 Å². The Bertz CT molecular complexity index is 3500. The number of ether oxygens (including phenoxy) is 1. The maximum Gasteiger partial charge on any atom is 0.309 e. The number of pyridine rings is 2. The highest BCUT2D eigenvalue weighted by Crippen LogP contribution is 2.49. The second kappa shape index (κ2) is 18.8. The number of carbonyl (C=O) groups excluding carboxylic acids is 3. The number of hydrogen-bond donors (Lipinski definition) is 0. The van der Waals surface area contributed by atoms with Crippen LogP contribution in [0.4, 0.5) is 8.78 Å². The van der Waals surface area contributed by atoms with Crippen molar-refractivity contribution >= 4 is 34.9 Å². The smallest absolute Gasteiger partial charge is 0.309 e. The number of benzene rings is 4. The zero-order valence-electron chi connectivity index (χ0n) is 41.0. The predicted molar refractivity (Wildman–Crippen MR) is 275 cm³/mol. The number of halogens is 2. The van der Waals surface area contributed by atoms with E-state index in [0.717, 1.165) is 45.6 Å². The van der Waals surface area contributed by atoms with E-state index in [0.29, 0.717) is 96.5 Å². The number of nitrogens with zero attached hydrogens (tertiary/aromatic N) is 6. The molecule has 1 unspecified atom stereocenters. The second-order valence-corrected chi connectivity index (χ2v) is 19.5. The van der Waals surface area contributed by atoms with Crippen molar-refractivity contribution < 1.29 is 27.9 Å². The van der Waals surface area contributed by atoms with Crippen molar-refractivity contribution in [1.29, 1.82) is 0 Å². The molecular weight excluding hydrogens is 907 g/mol. The summed E-state index contributed by atoms with van der Waals surface area (Å²) in [5.74, 6) is -1.50. The Hall–Kier alpha value is -7.73. The molecule has 10 nitrogen and oxygen atoms in total. The van der Waals surface area contributed by atoms with Gasteiger partial charge in [0.25, 0.3) is 11.8 Å². The van der Waals surface area contributed by atoms with E-state index in [9.17, 15) is 14.4 Å². The van der Waals surface area contributed by atoms with Crippen molar-refractivity contribution in [3.63, 3.8) is 0 Å². The minimum Gasteiger partial charge on any atom is -0.466 e. The molecular formula is C60H56F2N6O4. The van der Waals surface area contributed by atoms with Gasteiger partial charge in [-0.15, -0.1) is 0 Å². The number of esters is 1. The van der Waals surface area contributed by atoms with E-state index in [1.54, 1.807) is 29.6 Å². The highest BCUT2D eigenvalue weighted by Gasteiger charge is 2.45. The minimum atomic E-state index is -0.420. The van der Waals surface area contributed by atoms with E-state index in [4.69, 9.17) is 14.9 Å². The summed E-state index contributed by atoms with van der Waals surface area (Å²) in [6.07, 6.45) is 5.54. The molecule has 4 aromatic carbocycles. The summed E-state index contributed by atoms with van der Waals surface area (Å²) in [7, 11) is 0. The molecule has 4 aromatic heterocycles. The molecule has 4 atom stereocenters. The van der Waals surface area contributed by atoms with E-state index in [2.05, 4.69) is 50.8 Å². The standard InChI is InChI=1S/C60H56F2N6O4/c1-6-37-14-19-50(54(61)26-37)56-32-46-29-42(27-44(7-2)67(46)63-56)58(69)66-24-22-41-25-38(15-18-49(41)36(66)5)13-17-45-28-43(59(70)65-23-21-39-11-9-10-12-48(39)35(65)4)30-47-33-57(64-68(45)47)51-20-16-40(31-55(51)62)52-34-53(52)60(71)72-8-3/h6,9-12,14-16,18-20,25-33,35-36,52-53H,1,7-8,13,17,21-24,34H2,2-5H3/t35-,36-,52?,53+/m1/s1. The third kappa shape index (κ3) is 8.46. The summed E-state index contributed by atoms with van der Waals surface area (Å²) in [6, 6.07) is 35.8. The Morgan fingerprint density at radius 1 is 0.681 bits per heavy atom. The largest absolute Gasteiger partial charge is 0.466 e. The summed E-state index contributed by atoms with van der Waals surface area (Å²) >= 11 is 0. The number of hydrogen-bond acceptors (Lipinski definition) is 6. The number of aromatic nitrogens is 4.